The molecular formula is C17H10F2N4O. The fourth-order valence-corrected chi connectivity index (χ4v) is 2.64. The van der Waals surface area contributed by atoms with Crippen LogP contribution in [0.4, 0.5) is 8.78 Å². The van der Waals surface area contributed by atoms with E-state index in [-0.39, 0.29) is 11.1 Å². The predicted octanol–water partition coefficient (Wildman–Crippen LogP) is 3.05. The van der Waals surface area contributed by atoms with Crippen molar-refractivity contribution in [2.75, 3.05) is 0 Å². The third-order valence-corrected chi connectivity index (χ3v) is 3.69. The average molecular weight is 324 g/mol. The van der Waals surface area contributed by atoms with E-state index in [1.807, 2.05) is 0 Å². The van der Waals surface area contributed by atoms with E-state index in [2.05, 4.69) is 15.1 Å². The molecule has 0 aliphatic heterocycles. The second kappa shape index (κ2) is 5.38. The zero-order valence-corrected chi connectivity index (χ0v) is 12.2. The van der Waals surface area contributed by atoms with Crippen molar-refractivity contribution < 1.29 is 8.78 Å². The van der Waals surface area contributed by atoms with Gasteiger partial charge in [0.15, 0.2) is 11.6 Å². The highest BCUT2D eigenvalue weighted by atomic mass is 19.1. The Morgan fingerprint density at radius 3 is 2.54 bits per heavy atom. The Balaban J connectivity index is 2.13. The highest BCUT2D eigenvalue weighted by molar-refractivity contribution is 5.93. The Labute approximate surface area is 134 Å². The molecule has 0 aliphatic carbocycles. The minimum atomic E-state index is -0.766. The summed E-state index contributed by atoms with van der Waals surface area (Å²) in [6.07, 6.45) is 4.54. The Kier molecular flexibility index (Phi) is 3.19. The molecule has 0 spiro atoms. The lowest BCUT2D eigenvalue weighted by atomic mass is 10.1. The van der Waals surface area contributed by atoms with Gasteiger partial charge in [0, 0.05) is 24.2 Å². The van der Waals surface area contributed by atoms with Crippen molar-refractivity contribution in [1.29, 1.82) is 0 Å². The first-order chi connectivity index (χ1) is 11.7. The number of benzene rings is 1. The zero-order valence-electron chi connectivity index (χ0n) is 12.2. The molecule has 0 amide bonds. The van der Waals surface area contributed by atoms with Gasteiger partial charge in [-0.25, -0.2) is 13.5 Å². The summed E-state index contributed by atoms with van der Waals surface area (Å²) in [6.45, 7) is 0. The smallest absolute Gasteiger partial charge is 0.259 e. The minimum Gasteiger partial charge on any atom is -0.328 e. The van der Waals surface area contributed by atoms with Crippen molar-refractivity contribution >= 4 is 10.9 Å². The predicted molar refractivity (Wildman–Crippen MR) is 84.8 cm³/mol. The van der Waals surface area contributed by atoms with Crippen molar-refractivity contribution in [3.8, 4) is 16.9 Å². The van der Waals surface area contributed by atoms with E-state index in [4.69, 9.17) is 0 Å². The molecule has 0 bridgehead atoms. The summed E-state index contributed by atoms with van der Waals surface area (Å²) in [5.74, 6) is -1.53. The standard InChI is InChI=1S/C17H10F2N4O/c18-11-4-1-5-12(19)16(11)23-13-6-8-21-17(24)14(13)15(22-23)10-3-2-7-20-9-10/h1-9H,(H,21,24). The van der Waals surface area contributed by atoms with Gasteiger partial charge in [-0.15, -0.1) is 0 Å². The number of halogens is 2. The molecule has 0 unspecified atom stereocenters. The second-order valence-electron chi connectivity index (χ2n) is 5.14. The van der Waals surface area contributed by atoms with Gasteiger partial charge in [-0.1, -0.05) is 6.07 Å². The number of pyridine rings is 2. The van der Waals surface area contributed by atoms with Crippen molar-refractivity contribution in [3.05, 3.63) is 77.0 Å². The van der Waals surface area contributed by atoms with Crippen LogP contribution in [0.1, 0.15) is 0 Å². The van der Waals surface area contributed by atoms with Crippen LogP contribution in [0, 0.1) is 11.6 Å². The number of hydrogen-bond acceptors (Lipinski definition) is 3. The summed E-state index contributed by atoms with van der Waals surface area (Å²) in [6, 6.07) is 8.53. The van der Waals surface area contributed by atoms with Gasteiger partial charge in [-0.05, 0) is 30.3 Å². The van der Waals surface area contributed by atoms with Crippen LogP contribution in [-0.4, -0.2) is 19.7 Å². The highest BCUT2D eigenvalue weighted by Gasteiger charge is 2.20. The van der Waals surface area contributed by atoms with Gasteiger partial charge < -0.3 is 4.98 Å². The summed E-state index contributed by atoms with van der Waals surface area (Å²) < 4.78 is 29.5. The molecule has 7 heteroatoms. The van der Waals surface area contributed by atoms with Gasteiger partial charge in [-0.2, -0.15) is 5.10 Å². The minimum absolute atomic E-state index is 0.244. The fraction of sp³-hybridized carbons (Fsp3) is 0. The van der Waals surface area contributed by atoms with E-state index in [0.29, 0.717) is 16.8 Å². The largest absolute Gasteiger partial charge is 0.328 e. The number of aromatic nitrogens is 4. The maximum Gasteiger partial charge on any atom is 0.259 e. The van der Waals surface area contributed by atoms with Crippen molar-refractivity contribution in [2.45, 2.75) is 0 Å². The molecule has 0 fully saturated rings. The van der Waals surface area contributed by atoms with E-state index in [1.165, 1.54) is 18.5 Å². The van der Waals surface area contributed by atoms with Gasteiger partial charge >= 0.3 is 0 Å². The summed E-state index contributed by atoms with van der Waals surface area (Å²) in [5, 5.41) is 4.53. The van der Waals surface area contributed by atoms with E-state index < -0.39 is 17.2 Å². The first-order valence-corrected chi connectivity index (χ1v) is 7.12. The van der Waals surface area contributed by atoms with Crippen LogP contribution in [0.5, 0.6) is 0 Å². The van der Waals surface area contributed by atoms with Crippen LogP contribution in [-0.2, 0) is 0 Å². The first-order valence-electron chi connectivity index (χ1n) is 7.12. The zero-order chi connectivity index (χ0) is 16.7. The normalized spacial score (nSPS) is 11.1. The third-order valence-electron chi connectivity index (χ3n) is 3.69. The van der Waals surface area contributed by atoms with Crippen molar-refractivity contribution in [1.82, 2.24) is 19.7 Å². The number of H-pyrrole nitrogens is 1. The number of nitrogens with zero attached hydrogens (tertiary/aromatic N) is 3. The molecule has 4 rings (SSSR count). The number of nitrogens with one attached hydrogen (secondary N) is 1. The van der Waals surface area contributed by atoms with Crippen LogP contribution in [0.2, 0.25) is 0 Å². The Morgan fingerprint density at radius 2 is 1.83 bits per heavy atom. The van der Waals surface area contributed by atoms with Crippen LogP contribution in [0.25, 0.3) is 27.8 Å². The molecule has 0 saturated carbocycles. The van der Waals surface area contributed by atoms with Gasteiger partial charge in [0.25, 0.3) is 5.56 Å². The van der Waals surface area contributed by atoms with E-state index >= 15 is 0 Å². The molecule has 118 valence electrons. The molecule has 3 aromatic heterocycles. The Bertz CT molecular complexity index is 1080. The molecule has 0 saturated heterocycles. The third kappa shape index (κ3) is 2.10. The SMILES string of the molecule is O=c1[nH]ccc2c1c(-c1cccnc1)nn2-c1c(F)cccc1F. The van der Waals surface area contributed by atoms with Crippen LogP contribution < -0.4 is 5.56 Å². The Hall–Kier alpha value is -3.35. The van der Waals surface area contributed by atoms with Gasteiger partial charge in [0.1, 0.15) is 11.4 Å². The summed E-state index contributed by atoms with van der Waals surface area (Å²) in [4.78, 5) is 18.8. The van der Waals surface area contributed by atoms with Crippen molar-refractivity contribution in [2.24, 2.45) is 0 Å². The lowest BCUT2D eigenvalue weighted by molar-refractivity contribution is 0.563. The molecule has 3 heterocycles. The monoisotopic (exact) mass is 324 g/mol. The highest BCUT2D eigenvalue weighted by Crippen LogP contribution is 2.28. The maximum absolute atomic E-state index is 14.2. The van der Waals surface area contributed by atoms with Crippen LogP contribution in [0.15, 0.2) is 59.8 Å². The summed E-state index contributed by atoms with van der Waals surface area (Å²) >= 11 is 0. The molecule has 5 nitrogen and oxygen atoms in total. The van der Waals surface area contributed by atoms with Gasteiger partial charge in [-0.3, -0.25) is 9.78 Å². The number of rotatable bonds is 2. The Morgan fingerprint density at radius 1 is 1.04 bits per heavy atom. The molecule has 4 aromatic rings. The van der Waals surface area contributed by atoms with Gasteiger partial charge in [0.2, 0.25) is 0 Å². The van der Waals surface area contributed by atoms with E-state index in [1.54, 1.807) is 24.4 Å². The molecule has 24 heavy (non-hydrogen) atoms. The van der Waals surface area contributed by atoms with E-state index in [0.717, 1.165) is 16.8 Å². The lowest BCUT2D eigenvalue weighted by Gasteiger charge is -2.05. The van der Waals surface area contributed by atoms with E-state index in [9.17, 15) is 13.6 Å². The first kappa shape index (κ1) is 14.3. The van der Waals surface area contributed by atoms with Gasteiger partial charge in [0.05, 0.1) is 10.9 Å². The molecule has 0 radical (unpaired) electrons. The number of hydrogen-bond donors (Lipinski definition) is 1. The van der Waals surface area contributed by atoms with Crippen LogP contribution >= 0.6 is 0 Å². The fourth-order valence-electron chi connectivity index (χ4n) is 2.64. The summed E-state index contributed by atoms with van der Waals surface area (Å²) in [5.41, 5.74) is 0.469. The lowest BCUT2D eigenvalue weighted by Crippen LogP contribution is -2.06. The average Bonchev–Trinajstić information content (AvgIpc) is 2.97. The molecule has 1 aromatic carbocycles. The van der Waals surface area contributed by atoms with Crippen molar-refractivity contribution in [3.63, 3.8) is 0 Å². The molecule has 0 atom stereocenters. The molecule has 0 aliphatic rings. The number of para-hydroxylation sites is 1. The second-order valence-corrected chi connectivity index (χ2v) is 5.14. The number of fused-ring (bicyclic) bond motifs is 1. The van der Waals surface area contributed by atoms with Crippen LogP contribution in [0.3, 0.4) is 0 Å². The molecular weight excluding hydrogens is 314 g/mol. The quantitative estimate of drug-likeness (QED) is 0.616. The maximum atomic E-state index is 14.2. The summed E-state index contributed by atoms with van der Waals surface area (Å²) in [7, 11) is 0. The number of aromatic amines is 1. The topological polar surface area (TPSA) is 63.6 Å². The molecule has 1 N–H and O–H groups in total.